The van der Waals surface area contributed by atoms with Crippen molar-refractivity contribution in [2.24, 2.45) is 5.92 Å². The van der Waals surface area contributed by atoms with E-state index in [0.717, 1.165) is 22.5 Å². The second-order valence-electron chi connectivity index (χ2n) is 4.24. The first-order valence-electron chi connectivity index (χ1n) is 5.31. The van der Waals surface area contributed by atoms with Crippen LogP contribution in [0.2, 0.25) is 0 Å². The van der Waals surface area contributed by atoms with Gasteiger partial charge in [0.1, 0.15) is 0 Å². The number of benzene rings is 1. The predicted molar refractivity (Wildman–Crippen MR) is 60.7 cm³/mol. The van der Waals surface area contributed by atoms with Gasteiger partial charge < -0.3 is 5.32 Å². The smallest absolute Gasteiger partial charge is 0.156 e. The van der Waals surface area contributed by atoms with Crippen LogP contribution in [0.5, 0.6) is 0 Å². The molecule has 1 N–H and O–H groups in total. The molecule has 1 heterocycles. The summed E-state index contributed by atoms with van der Waals surface area (Å²) in [6.45, 7) is 2.25. The molecule has 3 nitrogen and oxygen atoms in total. The molecule has 1 saturated carbocycles. The minimum absolute atomic E-state index is 0.588. The zero-order valence-corrected chi connectivity index (χ0v) is 8.64. The lowest BCUT2D eigenvalue weighted by Crippen LogP contribution is -2.06. The van der Waals surface area contributed by atoms with E-state index in [1.807, 2.05) is 12.1 Å². The second-order valence-corrected chi connectivity index (χ2v) is 4.24. The van der Waals surface area contributed by atoms with Crippen LogP contribution in [0.4, 0.5) is 5.82 Å². The fourth-order valence-electron chi connectivity index (χ4n) is 1.83. The lowest BCUT2D eigenvalue weighted by molar-refractivity contribution is 0.915. The molecule has 2 aromatic rings. The van der Waals surface area contributed by atoms with Crippen LogP contribution in [0.25, 0.3) is 10.8 Å². The molecule has 3 heteroatoms. The molecule has 0 spiro atoms. The van der Waals surface area contributed by atoms with Gasteiger partial charge in [0.05, 0.1) is 6.20 Å². The minimum Gasteiger partial charge on any atom is -0.365 e. The van der Waals surface area contributed by atoms with Crippen molar-refractivity contribution in [2.45, 2.75) is 19.4 Å². The Morgan fingerprint density at radius 3 is 2.93 bits per heavy atom. The fourth-order valence-corrected chi connectivity index (χ4v) is 1.83. The van der Waals surface area contributed by atoms with Crippen LogP contribution in [0.1, 0.15) is 13.3 Å². The van der Waals surface area contributed by atoms with Gasteiger partial charge in [0, 0.05) is 16.8 Å². The van der Waals surface area contributed by atoms with E-state index < -0.39 is 0 Å². The molecular weight excluding hydrogens is 186 g/mol. The van der Waals surface area contributed by atoms with Crippen LogP contribution in [0.3, 0.4) is 0 Å². The average Bonchev–Trinajstić information content (AvgIpc) is 2.95. The van der Waals surface area contributed by atoms with Gasteiger partial charge in [0.15, 0.2) is 5.82 Å². The quantitative estimate of drug-likeness (QED) is 0.807. The second kappa shape index (κ2) is 3.19. The molecule has 1 aromatic heterocycles. The zero-order chi connectivity index (χ0) is 10.3. The van der Waals surface area contributed by atoms with Gasteiger partial charge in [-0.1, -0.05) is 31.2 Å². The van der Waals surface area contributed by atoms with E-state index in [4.69, 9.17) is 0 Å². The maximum absolute atomic E-state index is 4.16. The molecule has 15 heavy (non-hydrogen) atoms. The fraction of sp³-hybridized carbons (Fsp3) is 0.333. The number of anilines is 1. The minimum atomic E-state index is 0.588. The summed E-state index contributed by atoms with van der Waals surface area (Å²) in [6.07, 6.45) is 3.04. The average molecular weight is 199 g/mol. The van der Waals surface area contributed by atoms with Crippen LogP contribution in [-0.2, 0) is 0 Å². The van der Waals surface area contributed by atoms with Gasteiger partial charge in [-0.05, 0) is 12.3 Å². The highest BCUT2D eigenvalue weighted by molar-refractivity contribution is 5.91. The Bertz CT molecular complexity index is 490. The third-order valence-electron chi connectivity index (χ3n) is 3.00. The number of aromatic nitrogens is 2. The summed E-state index contributed by atoms with van der Waals surface area (Å²) in [7, 11) is 0. The summed E-state index contributed by atoms with van der Waals surface area (Å²) in [5.41, 5.74) is 0. The lowest BCUT2D eigenvalue weighted by Gasteiger charge is -2.06. The van der Waals surface area contributed by atoms with Crippen molar-refractivity contribution in [1.82, 2.24) is 10.2 Å². The zero-order valence-electron chi connectivity index (χ0n) is 8.64. The largest absolute Gasteiger partial charge is 0.365 e. The van der Waals surface area contributed by atoms with Crippen molar-refractivity contribution in [3.05, 3.63) is 30.5 Å². The number of nitrogens with one attached hydrogen (secondary N) is 1. The predicted octanol–water partition coefficient (Wildman–Crippen LogP) is 2.45. The number of nitrogens with zero attached hydrogens (tertiary/aromatic N) is 2. The van der Waals surface area contributed by atoms with Crippen molar-refractivity contribution in [2.75, 3.05) is 5.32 Å². The number of rotatable bonds is 2. The first-order chi connectivity index (χ1) is 7.34. The van der Waals surface area contributed by atoms with Gasteiger partial charge in [-0.25, -0.2) is 0 Å². The van der Waals surface area contributed by atoms with Gasteiger partial charge in [0.25, 0.3) is 0 Å². The molecule has 1 aliphatic carbocycles. The molecule has 2 atom stereocenters. The van der Waals surface area contributed by atoms with E-state index in [1.165, 1.54) is 6.42 Å². The van der Waals surface area contributed by atoms with Gasteiger partial charge in [-0.15, -0.1) is 5.10 Å². The summed E-state index contributed by atoms with van der Waals surface area (Å²) in [5, 5.41) is 13.9. The standard InChI is InChI=1S/C12H13N3/c1-8-6-11(8)14-12-10-5-3-2-4-9(10)7-13-15-12/h2-5,7-8,11H,6H2,1H3,(H,14,15). The monoisotopic (exact) mass is 199 g/mol. The molecule has 0 bridgehead atoms. The maximum Gasteiger partial charge on any atom is 0.156 e. The summed E-state index contributed by atoms with van der Waals surface area (Å²) >= 11 is 0. The van der Waals surface area contributed by atoms with E-state index >= 15 is 0 Å². The van der Waals surface area contributed by atoms with Gasteiger partial charge in [-0.3, -0.25) is 0 Å². The highest BCUT2D eigenvalue weighted by Crippen LogP contribution is 2.33. The highest BCUT2D eigenvalue weighted by atomic mass is 15.2. The molecule has 0 saturated heterocycles. The molecule has 76 valence electrons. The first-order valence-corrected chi connectivity index (χ1v) is 5.31. The maximum atomic E-state index is 4.16. The SMILES string of the molecule is CC1CC1Nc1nncc2ccccc12. The van der Waals surface area contributed by atoms with Crippen LogP contribution < -0.4 is 5.32 Å². The van der Waals surface area contributed by atoms with Crippen LogP contribution in [0.15, 0.2) is 30.5 Å². The summed E-state index contributed by atoms with van der Waals surface area (Å²) in [5.74, 6) is 1.69. The summed E-state index contributed by atoms with van der Waals surface area (Å²) < 4.78 is 0. The van der Waals surface area contributed by atoms with E-state index in [9.17, 15) is 0 Å². The normalized spacial score (nSPS) is 24.1. The number of hydrogen-bond acceptors (Lipinski definition) is 3. The Morgan fingerprint density at radius 1 is 1.33 bits per heavy atom. The van der Waals surface area contributed by atoms with Crippen molar-refractivity contribution >= 4 is 16.6 Å². The molecule has 0 aliphatic heterocycles. The Kier molecular flexibility index (Phi) is 1.84. The third-order valence-corrected chi connectivity index (χ3v) is 3.00. The Balaban J connectivity index is 2.02. The van der Waals surface area contributed by atoms with Crippen LogP contribution in [-0.4, -0.2) is 16.2 Å². The van der Waals surface area contributed by atoms with E-state index in [1.54, 1.807) is 6.20 Å². The lowest BCUT2D eigenvalue weighted by atomic mass is 10.2. The van der Waals surface area contributed by atoms with Crippen LogP contribution in [0, 0.1) is 5.92 Å². The van der Waals surface area contributed by atoms with Gasteiger partial charge in [-0.2, -0.15) is 5.10 Å². The van der Waals surface area contributed by atoms with E-state index in [-0.39, 0.29) is 0 Å². The first kappa shape index (κ1) is 8.65. The van der Waals surface area contributed by atoms with Gasteiger partial charge in [0.2, 0.25) is 0 Å². The molecule has 3 rings (SSSR count). The summed E-state index contributed by atoms with van der Waals surface area (Å²) in [6, 6.07) is 8.79. The molecule has 1 aliphatic rings. The molecular formula is C12H13N3. The summed E-state index contributed by atoms with van der Waals surface area (Å²) in [4.78, 5) is 0. The molecule has 0 radical (unpaired) electrons. The molecule has 2 unspecified atom stereocenters. The van der Waals surface area contributed by atoms with Crippen molar-refractivity contribution < 1.29 is 0 Å². The Labute approximate surface area is 88.5 Å². The van der Waals surface area contributed by atoms with Crippen molar-refractivity contribution in [3.63, 3.8) is 0 Å². The van der Waals surface area contributed by atoms with E-state index in [2.05, 4.69) is 34.6 Å². The van der Waals surface area contributed by atoms with Crippen molar-refractivity contribution in [1.29, 1.82) is 0 Å². The Morgan fingerprint density at radius 2 is 2.13 bits per heavy atom. The molecule has 0 amide bonds. The number of fused-ring (bicyclic) bond motifs is 1. The molecule has 1 fully saturated rings. The number of hydrogen-bond donors (Lipinski definition) is 1. The Hall–Kier alpha value is -1.64. The van der Waals surface area contributed by atoms with Gasteiger partial charge >= 0.3 is 0 Å². The van der Waals surface area contributed by atoms with Crippen molar-refractivity contribution in [3.8, 4) is 0 Å². The third kappa shape index (κ3) is 1.54. The highest BCUT2D eigenvalue weighted by Gasteiger charge is 2.32. The van der Waals surface area contributed by atoms with Crippen LogP contribution >= 0.6 is 0 Å². The van der Waals surface area contributed by atoms with E-state index in [0.29, 0.717) is 6.04 Å². The molecule has 1 aromatic carbocycles. The topological polar surface area (TPSA) is 37.8 Å².